The molecule has 130 valence electrons. The summed E-state index contributed by atoms with van der Waals surface area (Å²) in [6.45, 7) is 8.63. The molecular weight excluding hydrogens is 318 g/mol. The molecule has 8 heteroatoms. The number of aromatic nitrogens is 1. The summed E-state index contributed by atoms with van der Waals surface area (Å²) in [6.07, 6.45) is 1.07. The molecule has 1 aromatic rings. The molecule has 0 saturated carbocycles. The lowest BCUT2D eigenvalue weighted by Crippen LogP contribution is -2.43. The summed E-state index contributed by atoms with van der Waals surface area (Å²) in [4.78, 5) is 12.2. The minimum Gasteiger partial charge on any atom is -0.360 e. The van der Waals surface area contributed by atoms with Gasteiger partial charge in [0.15, 0.2) is 5.76 Å². The minimum atomic E-state index is -3.61. The molecule has 0 atom stereocenters. The van der Waals surface area contributed by atoms with Crippen LogP contribution in [0, 0.1) is 25.7 Å². The van der Waals surface area contributed by atoms with Crippen LogP contribution >= 0.6 is 0 Å². The van der Waals surface area contributed by atoms with E-state index in [-0.39, 0.29) is 16.7 Å². The third kappa shape index (κ3) is 3.92. The van der Waals surface area contributed by atoms with Gasteiger partial charge in [0.05, 0.1) is 0 Å². The first-order valence-corrected chi connectivity index (χ1v) is 9.38. The molecule has 0 aromatic carbocycles. The summed E-state index contributed by atoms with van der Waals surface area (Å²) >= 11 is 0. The van der Waals surface area contributed by atoms with E-state index in [2.05, 4.69) is 10.5 Å². The quantitative estimate of drug-likeness (QED) is 0.874. The topological polar surface area (TPSA) is 92.5 Å². The first-order valence-electron chi connectivity index (χ1n) is 7.94. The molecule has 1 aliphatic rings. The standard InChI is InChI=1S/C15H25N3O4S/c1-10(2)9-16-15(19)13-5-7-18(8-6-13)23(20,21)14-11(3)17-22-12(14)4/h10,13H,5-9H2,1-4H3,(H,16,19). The van der Waals surface area contributed by atoms with Crippen LogP contribution in [-0.2, 0) is 14.8 Å². The first kappa shape index (κ1) is 17.9. The van der Waals surface area contributed by atoms with Gasteiger partial charge in [-0.25, -0.2) is 8.42 Å². The molecular formula is C15H25N3O4S. The number of hydrogen-bond donors (Lipinski definition) is 1. The average molecular weight is 343 g/mol. The highest BCUT2D eigenvalue weighted by Crippen LogP contribution is 2.27. The Labute approximate surface area is 137 Å². The number of aryl methyl sites for hydroxylation is 2. The van der Waals surface area contributed by atoms with Crippen LogP contribution in [0.2, 0.25) is 0 Å². The summed E-state index contributed by atoms with van der Waals surface area (Å²) in [6, 6.07) is 0. The van der Waals surface area contributed by atoms with Crippen molar-refractivity contribution in [2.75, 3.05) is 19.6 Å². The molecule has 1 amide bonds. The highest BCUT2D eigenvalue weighted by Gasteiger charge is 2.35. The average Bonchev–Trinajstić information content (AvgIpc) is 2.84. The van der Waals surface area contributed by atoms with Crippen LogP contribution in [0.25, 0.3) is 0 Å². The number of nitrogens with one attached hydrogen (secondary N) is 1. The molecule has 0 aliphatic carbocycles. The van der Waals surface area contributed by atoms with Crippen LogP contribution in [-0.4, -0.2) is 43.4 Å². The molecule has 0 radical (unpaired) electrons. The van der Waals surface area contributed by atoms with Crippen molar-refractivity contribution in [3.05, 3.63) is 11.5 Å². The van der Waals surface area contributed by atoms with E-state index in [1.165, 1.54) is 4.31 Å². The molecule has 7 nitrogen and oxygen atoms in total. The van der Waals surface area contributed by atoms with Crippen molar-refractivity contribution in [3.8, 4) is 0 Å². The largest absolute Gasteiger partial charge is 0.360 e. The Hall–Kier alpha value is -1.41. The van der Waals surface area contributed by atoms with E-state index in [1.54, 1.807) is 13.8 Å². The Bertz CT molecular complexity index is 639. The second-order valence-corrected chi connectivity index (χ2v) is 8.35. The maximum absolute atomic E-state index is 12.7. The fourth-order valence-corrected chi connectivity index (χ4v) is 4.54. The highest BCUT2D eigenvalue weighted by atomic mass is 32.2. The Morgan fingerprint density at radius 1 is 1.35 bits per heavy atom. The van der Waals surface area contributed by atoms with E-state index >= 15 is 0 Å². The lowest BCUT2D eigenvalue weighted by Gasteiger charge is -2.30. The van der Waals surface area contributed by atoms with E-state index in [0.29, 0.717) is 49.8 Å². The van der Waals surface area contributed by atoms with Gasteiger partial charge in [0, 0.05) is 25.6 Å². The number of sulfonamides is 1. The summed E-state index contributed by atoms with van der Waals surface area (Å²) < 4.78 is 31.8. The number of carbonyl (C=O) groups excluding carboxylic acids is 1. The molecule has 2 rings (SSSR count). The fraction of sp³-hybridized carbons (Fsp3) is 0.733. The van der Waals surface area contributed by atoms with Crippen LogP contribution < -0.4 is 5.32 Å². The number of hydrogen-bond acceptors (Lipinski definition) is 5. The number of carbonyl (C=O) groups is 1. The Kier molecular flexibility index (Phi) is 5.46. The van der Waals surface area contributed by atoms with Crippen molar-refractivity contribution in [1.82, 2.24) is 14.8 Å². The third-order valence-corrected chi connectivity index (χ3v) is 6.22. The molecule has 1 saturated heterocycles. The normalized spacial score (nSPS) is 17.6. The lowest BCUT2D eigenvalue weighted by molar-refractivity contribution is -0.126. The molecule has 2 heterocycles. The van der Waals surface area contributed by atoms with Gasteiger partial charge in [0.25, 0.3) is 0 Å². The van der Waals surface area contributed by atoms with Crippen LogP contribution in [0.1, 0.15) is 38.1 Å². The highest BCUT2D eigenvalue weighted by molar-refractivity contribution is 7.89. The SMILES string of the molecule is Cc1noc(C)c1S(=O)(=O)N1CCC(C(=O)NCC(C)C)CC1. The van der Waals surface area contributed by atoms with Crippen LogP contribution in [0.15, 0.2) is 9.42 Å². The van der Waals surface area contributed by atoms with E-state index in [0.717, 1.165) is 0 Å². The Balaban J connectivity index is 2.00. The maximum atomic E-state index is 12.7. The smallest absolute Gasteiger partial charge is 0.248 e. The molecule has 23 heavy (non-hydrogen) atoms. The van der Waals surface area contributed by atoms with Gasteiger partial charge in [0.2, 0.25) is 15.9 Å². The summed E-state index contributed by atoms with van der Waals surface area (Å²) in [5, 5.41) is 6.64. The van der Waals surface area contributed by atoms with E-state index in [9.17, 15) is 13.2 Å². The zero-order valence-electron chi connectivity index (χ0n) is 14.1. The lowest BCUT2D eigenvalue weighted by atomic mass is 9.97. The van der Waals surface area contributed by atoms with Gasteiger partial charge >= 0.3 is 0 Å². The van der Waals surface area contributed by atoms with Crippen molar-refractivity contribution in [3.63, 3.8) is 0 Å². The maximum Gasteiger partial charge on any atom is 0.248 e. The summed E-state index contributed by atoms with van der Waals surface area (Å²) in [5.41, 5.74) is 0.374. The van der Waals surface area contributed by atoms with Crippen molar-refractivity contribution >= 4 is 15.9 Å². The third-order valence-electron chi connectivity index (χ3n) is 4.07. The molecule has 1 aromatic heterocycles. The Morgan fingerprint density at radius 2 is 1.96 bits per heavy atom. The van der Waals surface area contributed by atoms with Gasteiger partial charge < -0.3 is 9.84 Å². The monoisotopic (exact) mass is 343 g/mol. The predicted octanol–water partition coefficient (Wildman–Crippen LogP) is 1.46. The molecule has 1 aliphatic heterocycles. The molecule has 0 spiro atoms. The van der Waals surface area contributed by atoms with Gasteiger partial charge in [-0.3, -0.25) is 4.79 Å². The molecule has 0 unspecified atom stereocenters. The summed E-state index contributed by atoms with van der Waals surface area (Å²) in [5.74, 6) is 0.608. The Morgan fingerprint density at radius 3 is 2.43 bits per heavy atom. The number of nitrogens with zero attached hydrogens (tertiary/aromatic N) is 2. The van der Waals surface area contributed by atoms with Gasteiger partial charge in [-0.15, -0.1) is 0 Å². The van der Waals surface area contributed by atoms with Crippen molar-refractivity contribution in [2.45, 2.75) is 45.4 Å². The zero-order chi connectivity index (χ0) is 17.2. The second kappa shape index (κ2) is 7.00. The molecule has 1 fully saturated rings. The predicted molar refractivity (Wildman–Crippen MR) is 85.3 cm³/mol. The zero-order valence-corrected chi connectivity index (χ0v) is 14.9. The van der Waals surface area contributed by atoms with E-state index in [4.69, 9.17) is 4.52 Å². The molecule has 0 bridgehead atoms. The number of rotatable bonds is 5. The van der Waals surface area contributed by atoms with Gasteiger partial charge in [-0.1, -0.05) is 19.0 Å². The van der Waals surface area contributed by atoms with Gasteiger partial charge in [-0.05, 0) is 32.6 Å². The van der Waals surface area contributed by atoms with Gasteiger partial charge in [0.1, 0.15) is 10.6 Å². The molecule has 1 N–H and O–H groups in total. The number of piperidine rings is 1. The fourth-order valence-electron chi connectivity index (χ4n) is 2.78. The summed E-state index contributed by atoms with van der Waals surface area (Å²) in [7, 11) is -3.61. The second-order valence-electron chi connectivity index (χ2n) is 6.47. The minimum absolute atomic E-state index is 0.0214. The van der Waals surface area contributed by atoms with Crippen molar-refractivity contribution in [1.29, 1.82) is 0 Å². The van der Waals surface area contributed by atoms with Crippen molar-refractivity contribution < 1.29 is 17.7 Å². The van der Waals surface area contributed by atoms with Crippen molar-refractivity contribution in [2.24, 2.45) is 11.8 Å². The van der Waals surface area contributed by atoms with E-state index in [1.807, 2.05) is 13.8 Å². The van der Waals surface area contributed by atoms with Gasteiger partial charge in [-0.2, -0.15) is 4.31 Å². The van der Waals surface area contributed by atoms with Crippen LogP contribution in [0.3, 0.4) is 0 Å². The van der Waals surface area contributed by atoms with Crippen LogP contribution in [0.4, 0.5) is 0 Å². The van der Waals surface area contributed by atoms with Crippen LogP contribution in [0.5, 0.6) is 0 Å². The number of amides is 1. The van der Waals surface area contributed by atoms with E-state index < -0.39 is 10.0 Å². The first-order chi connectivity index (χ1) is 10.7.